The van der Waals surface area contributed by atoms with Gasteiger partial charge in [-0.05, 0) is 57.9 Å². The summed E-state index contributed by atoms with van der Waals surface area (Å²) in [6.07, 6.45) is -3.43. The van der Waals surface area contributed by atoms with E-state index in [1.54, 1.807) is 6.07 Å². The Balaban J connectivity index is 2.37. The summed E-state index contributed by atoms with van der Waals surface area (Å²) in [6.45, 7) is 0. The van der Waals surface area contributed by atoms with E-state index in [2.05, 4.69) is 21.2 Å². The van der Waals surface area contributed by atoms with Gasteiger partial charge >= 0.3 is 6.18 Å². The van der Waals surface area contributed by atoms with Crippen LogP contribution in [0, 0.1) is 11.3 Å². The zero-order valence-corrected chi connectivity index (χ0v) is 16.4. The van der Waals surface area contributed by atoms with Crippen LogP contribution >= 0.6 is 27.5 Å². The molecule has 0 aliphatic rings. The largest absolute Gasteiger partial charge is 0.503 e. The minimum atomic E-state index is -4.62. The molecular weight excluding hydrogens is 465 g/mol. The Morgan fingerprint density at radius 3 is 2.61 bits per heavy atom. The van der Waals surface area contributed by atoms with Crippen LogP contribution in [-0.4, -0.2) is 18.1 Å². The molecule has 0 radical (unpaired) electrons. The zero-order valence-electron chi connectivity index (χ0n) is 14.1. The minimum absolute atomic E-state index is 0.0965. The van der Waals surface area contributed by atoms with Gasteiger partial charge in [-0.2, -0.15) is 18.4 Å². The van der Waals surface area contributed by atoms with Crippen molar-refractivity contribution < 1.29 is 27.8 Å². The van der Waals surface area contributed by atoms with E-state index in [0.29, 0.717) is 11.6 Å². The number of nitrogens with zero attached hydrogens (tertiary/aromatic N) is 1. The molecule has 0 atom stereocenters. The molecule has 0 aliphatic carbocycles. The molecule has 10 heteroatoms. The van der Waals surface area contributed by atoms with Crippen molar-refractivity contribution in [2.24, 2.45) is 0 Å². The van der Waals surface area contributed by atoms with Gasteiger partial charge in [-0.25, -0.2) is 0 Å². The number of carbonyl (C=O) groups excluding carboxylic acids is 1. The predicted octanol–water partition coefficient (Wildman–Crippen LogP) is 5.38. The molecule has 146 valence electrons. The van der Waals surface area contributed by atoms with Gasteiger partial charge in [-0.1, -0.05) is 11.6 Å². The fourth-order valence-electron chi connectivity index (χ4n) is 2.14. The molecular formula is C18H11BrClF3N2O3. The smallest absolute Gasteiger partial charge is 0.416 e. The molecule has 0 aromatic heterocycles. The van der Waals surface area contributed by atoms with Gasteiger partial charge in [0.25, 0.3) is 5.91 Å². The maximum absolute atomic E-state index is 12.8. The van der Waals surface area contributed by atoms with Crippen LogP contribution < -0.4 is 10.1 Å². The molecule has 0 heterocycles. The third-order valence-electron chi connectivity index (χ3n) is 3.49. The SMILES string of the molecule is COc1cc(C=C(C#N)C(=O)Nc2cc(C(F)(F)F)ccc2Cl)cc(Br)c1O. The van der Waals surface area contributed by atoms with Crippen molar-refractivity contribution in [1.29, 1.82) is 5.26 Å². The van der Waals surface area contributed by atoms with E-state index in [1.165, 1.54) is 25.3 Å². The lowest BCUT2D eigenvalue weighted by Gasteiger charge is -2.11. The van der Waals surface area contributed by atoms with Gasteiger partial charge in [0.1, 0.15) is 11.6 Å². The molecule has 0 aliphatic heterocycles. The quantitative estimate of drug-likeness (QED) is 0.459. The van der Waals surface area contributed by atoms with Gasteiger partial charge in [0.2, 0.25) is 0 Å². The van der Waals surface area contributed by atoms with Gasteiger partial charge in [0, 0.05) is 0 Å². The minimum Gasteiger partial charge on any atom is -0.503 e. The molecule has 2 aromatic rings. The number of rotatable bonds is 4. The molecule has 28 heavy (non-hydrogen) atoms. The van der Waals surface area contributed by atoms with Crippen LogP contribution in [0.5, 0.6) is 11.5 Å². The van der Waals surface area contributed by atoms with E-state index < -0.39 is 23.2 Å². The molecule has 0 saturated carbocycles. The molecule has 2 rings (SSSR count). The first kappa shape index (κ1) is 21.6. The number of phenols is 1. The number of phenolic OH excluding ortho intramolecular Hbond substituents is 1. The summed E-state index contributed by atoms with van der Waals surface area (Å²) in [5, 5.41) is 21.1. The van der Waals surface area contributed by atoms with Gasteiger partial charge < -0.3 is 15.2 Å². The first-order valence-corrected chi connectivity index (χ1v) is 8.60. The van der Waals surface area contributed by atoms with Crippen molar-refractivity contribution >= 4 is 45.2 Å². The van der Waals surface area contributed by atoms with E-state index in [4.69, 9.17) is 16.3 Å². The van der Waals surface area contributed by atoms with Gasteiger partial charge in [0.05, 0.1) is 27.9 Å². The Hall–Kier alpha value is -2.70. The molecule has 5 nitrogen and oxygen atoms in total. The van der Waals surface area contributed by atoms with Gasteiger partial charge in [0.15, 0.2) is 11.5 Å². The van der Waals surface area contributed by atoms with Crippen LogP contribution in [0.2, 0.25) is 5.02 Å². The number of hydrogen-bond acceptors (Lipinski definition) is 4. The summed E-state index contributed by atoms with van der Waals surface area (Å²) in [5.74, 6) is -1.02. The Labute approximate surface area is 171 Å². The number of benzene rings is 2. The molecule has 0 spiro atoms. The summed E-state index contributed by atoms with van der Waals surface area (Å²) in [6, 6.07) is 6.93. The van der Waals surface area contributed by atoms with Gasteiger partial charge in [-0.15, -0.1) is 0 Å². The Kier molecular flexibility index (Phi) is 6.59. The lowest BCUT2D eigenvalue weighted by Crippen LogP contribution is -2.15. The van der Waals surface area contributed by atoms with Crippen LogP contribution in [0.25, 0.3) is 6.08 Å². The van der Waals surface area contributed by atoms with Crippen LogP contribution in [-0.2, 0) is 11.0 Å². The first-order chi connectivity index (χ1) is 13.1. The second-order valence-electron chi connectivity index (χ2n) is 5.37. The second-order valence-corrected chi connectivity index (χ2v) is 6.63. The standard InChI is InChI=1S/C18H11BrClF3N2O3/c1-28-15-6-9(5-12(19)16(15)26)4-10(8-24)17(27)25-14-7-11(18(21,22)23)2-3-13(14)20/h2-7,26H,1H3,(H,25,27). The number of methoxy groups -OCH3 is 1. The highest BCUT2D eigenvalue weighted by molar-refractivity contribution is 9.10. The first-order valence-electron chi connectivity index (χ1n) is 7.43. The molecule has 0 saturated heterocycles. The average Bonchev–Trinajstić information content (AvgIpc) is 2.63. The lowest BCUT2D eigenvalue weighted by atomic mass is 10.1. The average molecular weight is 476 g/mol. The number of nitrogens with one attached hydrogen (secondary N) is 1. The third-order valence-corrected chi connectivity index (χ3v) is 4.42. The van der Waals surface area contributed by atoms with Crippen molar-refractivity contribution in [2.45, 2.75) is 6.18 Å². The summed E-state index contributed by atoms with van der Waals surface area (Å²) in [7, 11) is 1.32. The van der Waals surface area contributed by atoms with E-state index in [0.717, 1.165) is 12.1 Å². The van der Waals surface area contributed by atoms with Crippen molar-refractivity contribution in [3.63, 3.8) is 0 Å². The number of carbonyl (C=O) groups is 1. The number of amides is 1. The van der Waals surface area contributed by atoms with Crippen LogP contribution in [0.15, 0.2) is 40.4 Å². The molecule has 2 aromatic carbocycles. The van der Waals surface area contributed by atoms with E-state index in [9.17, 15) is 28.3 Å². The number of halogens is 5. The monoisotopic (exact) mass is 474 g/mol. The number of hydrogen-bond donors (Lipinski definition) is 2. The Morgan fingerprint density at radius 2 is 2.04 bits per heavy atom. The van der Waals surface area contributed by atoms with E-state index >= 15 is 0 Å². The van der Waals surface area contributed by atoms with E-state index in [-0.39, 0.29) is 26.7 Å². The zero-order chi connectivity index (χ0) is 21.1. The highest BCUT2D eigenvalue weighted by atomic mass is 79.9. The topological polar surface area (TPSA) is 82.3 Å². The molecule has 0 bridgehead atoms. The second kappa shape index (κ2) is 8.54. The maximum Gasteiger partial charge on any atom is 0.416 e. The van der Waals surface area contributed by atoms with Crippen LogP contribution in [0.4, 0.5) is 18.9 Å². The summed E-state index contributed by atoms with van der Waals surface area (Å²) >= 11 is 8.95. The van der Waals surface area contributed by atoms with Crippen LogP contribution in [0.3, 0.4) is 0 Å². The number of anilines is 1. The molecule has 1 amide bonds. The Bertz CT molecular complexity index is 1000. The maximum atomic E-state index is 12.8. The molecule has 0 fully saturated rings. The third kappa shape index (κ3) is 4.97. The fourth-order valence-corrected chi connectivity index (χ4v) is 2.76. The highest BCUT2D eigenvalue weighted by Gasteiger charge is 2.31. The normalized spacial score (nSPS) is 11.7. The van der Waals surface area contributed by atoms with Crippen molar-refractivity contribution in [3.8, 4) is 17.6 Å². The van der Waals surface area contributed by atoms with Crippen molar-refractivity contribution in [3.05, 3.63) is 56.5 Å². The van der Waals surface area contributed by atoms with Gasteiger partial charge in [-0.3, -0.25) is 4.79 Å². The van der Waals surface area contributed by atoms with Crippen LogP contribution in [0.1, 0.15) is 11.1 Å². The highest BCUT2D eigenvalue weighted by Crippen LogP contribution is 2.36. The number of alkyl halides is 3. The molecule has 0 unspecified atom stereocenters. The number of aromatic hydroxyl groups is 1. The number of ether oxygens (including phenoxy) is 1. The van der Waals surface area contributed by atoms with Crippen molar-refractivity contribution in [2.75, 3.05) is 12.4 Å². The summed E-state index contributed by atoms with van der Waals surface area (Å²) in [4.78, 5) is 12.3. The fraction of sp³-hybridized carbons (Fsp3) is 0.111. The van der Waals surface area contributed by atoms with E-state index in [1.807, 2.05) is 0 Å². The Morgan fingerprint density at radius 1 is 1.36 bits per heavy atom. The van der Waals surface area contributed by atoms with Crippen molar-refractivity contribution in [1.82, 2.24) is 0 Å². The summed E-state index contributed by atoms with van der Waals surface area (Å²) < 4.78 is 43.7. The number of nitriles is 1. The summed E-state index contributed by atoms with van der Waals surface area (Å²) in [5.41, 5.74) is -1.34. The molecule has 2 N–H and O–H groups in total. The lowest BCUT2D eigenvalue weighted by molar-refractivity contribution is -0.137. The predicted molar refractivity (Wildman–Crippen MR) is 101 cm³/mol.